The van der Waals surface area contributed by atoms with Crippen molar-refractivity contribution < 1.29 is 0 Å². The molecule has 1 aromatic rings. The molecule has 0 bridgehead atoms. The molecule has 1 aliphatic carbocycles. The molecule has 0 aliphatic heterocycles. The topological polar surface area (TPSA) is 50.4 Å². The first-order chi connectivity index (χ1) is 7.24. The van der Waals surface area contributed by atoms with Crippen molar-refractivity contribution in [1.82, 2.24) is 5.32 Å². The van der Waals surface area contributed by atoms with Crippen molar-refractivity contribution in [3.8, 4) is 0 Å². The monoisotopic (exact) mass is 267 g/mol. The predicted octanol–water partition coefficient (Wildman–Crippen LogP) is 2.02. The van der Waals surface area contributed by atoms with E-state index in [0.29, 0.717) is 18.5 Å². The number of nitrogens with zero attached hydrogens (tertiary/aromatic N) is 1. The lowest BCUT2D eigenvalue weighted by atomic mass is 10.2. The molecule has 0 spiro atoms. The fraction of sp³-hybridized carbons (Fsp3) is 0.364. The summed E-state index contributed by atoms with van der Waals surface area (Å²) in [5, 5.41) is 3.15. The number of benzene rings is 1. The largest absolute Gasteiger partial charge is 0.370 e. The van der Waals surface area contributed by atoms with Gasteiger partial charge in [0.05, 0.1) is 6.54 Å². The fourth-order valence-corrected chi connectivity index (χ4v) is 1.74. The van der Waals surface area contributed by atoms with Gasteiger partial charge in [0.25, 0.3) is 0 Å². The molecule has 1 saturated carbocycles. The number of rotatable bonds is 3. The van der Waals surface area contributed by atoms with Crippen molar-refractivity contribution in [2.24, 2.45) is 10.7 Å². The number of guanidine groups is 1. The highest BCUT2D eigenvalue weighted by atomic mass is 79.9. The summed E-state index contributed by atoms with van der Waals surface area (Å²) in [5.74, 6) is 0.553. The van der Waals surface area contributed by atoms with Gasteiger partial charge in [-0.25, -0.2) is 4.99 Å². The van der Waals surface area contributed by atoms with Gasteiger partial charge in [0.1, 0.15) is 0 Å². The van der Waals surface area contributed by atoms with E-state index in [1.807, 2.05) is 24.3 Å². The molecule has 1 aliphatic rings. The molecule has 0 heterocycles. The summed E-state index contributed by atoms with van der Waals surface area (Å²) in [6.45, 7) is 0.630. The zero-order chi connectivity index (χ0) is 10.7. The number of nitrogens with one attached hydrogen (secondary N) is 1. The number of halogens is 1. The number of hydrogen-bond donors (Lipinski definition) is 2. The Morgan fingerprint density at radius 2 is 2.33 bits per heavy atom. The minimum Gasteiger partial charge on any atom is -0.370 e. The van der Waals surface area contributed by atoms with Gasteiger partial charge in [-0.2, -0.15) is 0 Å². The van der Waals surface area contributed by atoms with E-state index < -0.39 is 0 Å². The van der Waals surface area contributed by atoms with Crippen molar-refractivity contribution in [1.29, 1.82) is 0 Å². The first-order valence-corrected chi connectivity index (χ1v) is 5.84. The second kappa shape index (κ2) is 4.66. The SMILES string of the molecule is NC(=NCc1cccc(Br)c1)NC1CC1. The lowest BCUT2D eigenvalue weighted by Crippen LogP contribution is -2.33. The van der Waals surface area contributed by atoms with Gasteiger partial charge in [-0.15, -0.1) is 0 Å². The smallest absolute Gasteiger partial charge is 0.189 e. The molecule has 0 radical (unpaired) electrons. The van der Waals surface area contributed by atoms with Gasteiger partial charge >= 0.3 is 0 Å². The van der Waals surface area contributed by atoms with Crippen molar-refractivity contribution >= 4 is 21.9 Å². The summed E-state index contributed by atoms with van der Waals surface area (Å²) in [5.41, 5.74) is 6.89. The van der Waals surface area contributed by atoms with Crippen LogP contribution in [-0.2, 0) is 6.54 Å². The average Bonchev–Trinajstić information content (AvgIpc) is 2.99. The van der Waals surface area contributed by atoms with Gasteiger partial charge in [0.2, 0.25) is 0 Å². The zero-order valence-corrected chi connectivity index (χ0v) is 10.00. The van der Waals surface area contributed by atoms with Crippen molar-refractivity contribution in [3.63, 3.8) is 0 Å². The Hall–Kier alpha value is -1.03. The van der Waals surface area contributed by atoms with E-state index in [9.17, 15) is 0 Å². The lowest BCUT2D eigenvalue weighted by Gasteiger charge is -2.03. The van der Waals surface area contributed by atoms with E-state index in [0.717, 1.165) is 10.0 Å². The summed E-state index contributed by atoms with van der Waals surface area (Å²) in [6, 6.07) is 8.65. The third kappa shape index (κ3) is 3.55. The second-order valence-electron chi connectivity index (χ2n) is 3.75. The average molecular weight is 268 g/mol. The first kappa shape index (κ1) is 10.5. The van der Waals surface area contributed by atoms with Crippen LogP contribution in [0.2, 0.25) is 0 Å². The maximum Gasteiger partial charge on any atom is 0.189 e. The Morgan fingerprint density at radius 1 is 1.53 bits per heavy atom. The van der Waals surface area contributed by atoms with Crippen LogP contribution in [0.3, 0.4) is 0 Å². The van der Waals surface area contributed by atoms with Crippen LogP contribution < -0.4 is 11.1 Å². The van der Waals surface area contributed by atoms with E-state index in [-0.39, 0.29) is 0 Å². The molecule has 1 fully saturated rings. The van der Waals surface area contributed by atoms with Crippen LogP contribution in [0.1, 0.15) is 18.4 Å². The van der Waals surface area contributed by atoms with Crippen LogP contribution in [0.5, 0.6) is 0 Å². The van der Waals surface area contributed by atoms with E-state index >= 15 is 0 Å². The molecule has 3 N–H and O–H groups in total. The quantitative estimate of drug-likeness (QED) is 0.651. The minimum absolute atomic E-state index is 0.553. The maximum atomic E-state index is 5.73. The molecule has 0 aromatic heterocycles. The van der Waals surface area contributed by atoms with Crippen LogP contribution in [0.4, 0.5) is 0 Å². The van der Waals surface area contributed by atoms with E-state index in [2.05, 4.69) is 26.2 Å². The third-order valence-electron chi connectivity index (χ3n) is 2.25. The fourth-order valence-electron chi connectivity index (χ4n) is 1.29. The van der Waals surface area contributed by atoms with Gasteiger partial charge in [-0.1, -0.05) is 28.1 Å². The molecule has 80 valence electrons. The van der Waals surface area contributed by atoms with Crippen LogP contribution in [0.25, 0.3) is 0 Å². The second-order valence-corrected chi connectivity index (χ2v) is 4.67. The molecule has 15 heavy (non-hydrogen) atoms. The van der Waals surface area contributed by atoms with Crippen molar-refractivity contribution in [2.75, 3.05) is 0 Å². The summed E-state index contributed by atoms with van der Waals surface area (Å²) in [4.78, 5) is 4.28. The van der Waals surface area contributed by atoms with Gasteiger partial charge in [0, 0.05) is 10.5 Å². The van der Waals surface area contributed by atoms with Crippen LogP contribution in [-0.4, -0.2) is 12.0 Å². The van der Waals surface area contributed by atoms with Gasteiger partial charge in [-0.05, 0) is 30.5 Å². The van der Waals surface area contributed by atoms with Gasteiger partial charge in [0.15, 0.2) is 5.96 Å². The number of aliphatic imine (C=N–C) groups is 1. The Kier molecular flexibility index (Phi) is 3.26. The maximum absolute atomic E-state index is 5.73. The first-order valence-electron chi connectivity index (χ1n) is 5.05. The summed E-state index contributed by atoms with van der Waals surface area (Å²) in [6.07, 6.45) is 2.43. The Morgan fingerprint density at radius 3 is 3.00 bits per heavy atom. The van der Waals surface area contributed by atoms with Gasteiger partial charge in [-0.3, -0.25) is 0 Å². The zero-order valence-electron chi connectivity index (χ0n) is 8.41. The molecule has 4 heteroatoms. The molecule has 1 aromatic carbocycles. The Bertz CT molecular complexity index is 372. The molecular formula is C11H14BrN3. The highest BCUT2D eigenvalue weighted by Gasteiger charge is 2.21. The van der Waals surface area contributed by atoms with Crippen LogP contribution >= 0.6 is 15.9 Å². The molecule has 0 unspecified atom stereocenters. The predicted molar refractivity (Wildman–Crippen MR) is 65.6 cm³/mol. The van der Waals surface area contributed by atoms with E-state index in [4.69, 9.17) is 5.73 Å². The molecule has 3 nitrogen and oxygen atoms in total. The standard InChI is InChI=1S/C11H14BrN3/c12-9-3-1-2-8(6-9)7-14-11(13)15-10-4-5-10/h1-3,6,10H,4-5,7H2,(H3,13,14,15). The van der Waals surface area contributed by atoms with Crippen LogP contribution in [0.15, 0.2) is 33.7 Å². The Labute approximate surface area is 97.9 Å². The molecule has 0 saturated heterocycles. The Balaban J connectivity index is 1.90. The lowest BCUT2D eigenvalue weighted by molar-refractivity contribution is 0.879. The summed E-state index contributed by atoms with van der Waals surface area (Å²) < 4.78 is 1.07. The molecule has 0 amide bonds. The molecule has 2 rings (SSSR count). The normalized spacial score (nSPS) is 16.5. The van der Waals surface area contributed by atoms with Crippen molar-refractivity contribution in [3.05, 3.63) is 34.3 Å². The summed E-state index contributed by atoms with van der Waals surface area (Å²) >= 11 is 3.42. The van der Waals surface area contributed by atoms with Gasteiger partial charge < -0.3 is 11.1 Å². The van der Waals surface area contributed by atoms with E-state index in [1.54, 1.807) is 0 Å². The number of nitrogens with two attached hydrogens (primary N) is 1. The number of hydrogen-bond acceptors (Lipinski definition) is 1. The highest BCUT2D eigenvalue weighted by molar-refractivity contribution is 9.10. The third-order valence-corrected chi connectivity index (χ3v) is 2.74. The van der Waals surface area contributed by atoms with Crippen LogP contribution in [0, 0.1) is 0 Å². The van der Waals surface area contributed by atoms with Crippen molar-refractivity contribution in [2.45, 2.75) is 25.4 Å². The van der Waals surface area contributed by atoms with E-state index in [1.165, 1.54) is 12.8 Å². The summed E-state index contributed by atoms with van der Waals surface area (Å²) in [7, 11) is 0. The minimum atomic E-state index is 0.553. The highest BCUT2D eigenvalue weighted by Crippen LogP contribution is 2.18. The molecule has 0 atom stereocenters. The molecular weight excluding hydrogens is 254 g/mol.